The highest BCUT2D eigenvalue weighted by atomic mass is 16.5. The number of hydrogen-bond acceptors (Lipinski definition) is 7. The van der Waals surface area contributed by atoms with Gasteiger partial charge in [-0.3, -0.25) is 9.89 Å². The Balaban J connectivity index is 1.18. The molecule has 1 fully saturated rings. The molecule has 9 nitrogen and oxygen atoms in total. The van der Waals surface area contributed by atoms with Crippen LogP contribution in [0.1, 0.15) is 72.7 Å². The van der Waals surface area contributed by atoms with Crippen LogP contribution in [0, 0.1) is 6.92 Å². The van der Waals surface area contributed by atoms with E-state index in [1.807, 2.05) is 46.0 Å². The molecule has 5 aromatic rings. The number of aromatic amines is 1. The van der Waals surface area contributed by atoms with Gasteiger partial charge in [-0.1, -0.05) is 62.3 Å². The van der Waals surface area contributed by atoms with Gasteiger partial charge in [0.25, 0.3) is 11.7 Å². The van der Waals surface area contributed by atoms with Crippen molar-refractivity contribution in [3.8, 4) is 22.4 Å². The van der Waals surface area contributed by atoms with Gasteiger partial charge in [-0.2, -0.15) is 10.1 Å². The Hall–Kier alpha value is -4.37. The predicted molar refractivity (Wildman–Crippen MR) is 159 cm³/mol. The minimum Gasteiger partial charge on any atom is -0.345 e. The van der Waals surface area contributed by atoms with E-state index < -0.39 is 0 Å². The topological polar surface area (TPSA) is 122 Å². The highest BCUT2D eigenvalue weighted by Crippen LogP contribution is 2.32. The van der Waals surface area contributed by atoms with Gasteiger partial charge in [-0.25, -0.2) is 4.98 Å². The van der Waals surface area contributed by atoms with Gasteiger partial charge >= 0.3 is 0 Å². The molecule has 3 N–H and O–H groups in total. The molecule has 6 rings (SSSR count). The van der Waals surface area contributed by atoms with Crippen molar-refractivity contribution in [2.75, 3.05) is 13.1 Å². The molecule has 0 saturated carbocycles. The van der Waals surface area contributed by atoms with E-state index in [0.29, 0.717) is 18.4 Å². The molecule has 210 valence electrons. The van der Waals surface area contributed by atoms with Crippen LogP contribution in [0.15, 0.2) is 59.3 Å². The molecule has 2 aromatic carbocycles. The minimum atomic E-state index is -0.367. The van der Waals surface area contributed by atoms with Crippen LogP contribution in [-0.4, -0.2) is 44.3 Å². The molecule has 1 amide bonds. The van der Waals surface area contributed by atoms with E-state index in [1.54, 1.807) is 0 Å². The Morgan fingerprint density at radius 3 is 2.49 bits per heavy atom. The van der Waals surface area contributed by atoms with Crippen molar-refractivity contribution in [1.29, 1.82) is 0 Å². The van der Waals surface area contributed by atoms with Gasteiger partial charge in [0.15, 0.2) is 5.65 Å². The maximum atomic E-state index is 12.6. The largest absolute Gasteiger partial charge is 0.345 e. The molecule has 0 aliphatic carbocycles. The predicted octanol–water partition coefficient (Wildman–Crippen LogP) is 5.68. The summed E-state index contributed by atoms with van der Waals surface area (Å²) < 4.78 is 5.25. The van der Waals surface area contributed by atoms with Crippen molar-refractivity contribution in [2.24, 2.45) is 0 Å². The third kappa shape index (κ3) is 5.63. The van der Waals surface area contributed by atoms with Gasteiger partial charge in [0.2, 0.25) is 5.89 Å². The van der Waals surface area contributed by atoms with Crippen molar-refractivity contribution in [2.45, 2.75) is 58.4 Å². The van der Waals surface area contributed by atoms with Gasteiger partial charge in [-0.05, 0) is 73.2 Å². The Labute approximate surface area is 239 Å². The third-order valence-electron chi connectivity index (χ3n) is 7.80. The van der Waals surface area contributed by atoms with E-state index in [2.05, 4.69) is 72.4 Å². The number of nitrogens with zero attached hydrogens (tertiary/aromatic N) is 4. The highest BCUT2D eigenvalue weighted by molar-refractivity contribution is 5.93. The summed E-state index contributed by atoms with van der Waals surface area (Å²) in [7, 11) is 0. The van der Waals surface area contributed by atoms with Crippen molar-refractivity contribution < 1.29 is 9.32 Å². The fraction of sp³-hybridized carbons (Fsp3) is 0.344. The number of aryl methyl sites for hydroxylation is 1. The van der Waals surface area contributed by atoms with Crippen LogP contribution in [0.3, 0.4) is 0 Å². The SMILES string of the molecule is Cc1cc(-c2n[nH]c3ncc(-c4ccc(C5CCNCC5)cc4)cc23)ccc1CNC(=O)c1noc(C(C)(C)C)n1. The molecule has 0 atom stereocenters. The molecule has 4 heterocycles. The van der Waals surface area contributed by atoms with Crippen molar-refractivity contribution in [1.82, 2.24) is 36.0 Å². The van der Waals surface area contributed by atoms with Crippen LogP contribution in [0.2, 0.25) is 0 Å². The van der Waals surface area contributed by atoms with Gasteiger partial charge in [0.05, 0.1) is 0 Å². The summed E-state index contributed by atoms with van der Waals surface area (Å²) in [4.78, 5) is 21.5. The van der Waals surface area contributed by atoms with Crippen molar-refractivity contribution >= 4 is 16.9 Å². The molecule has 0 bridgehead atoms. The third-order valence-corrected chi connectivity index (χ3v) is 7.80. The normalized spacial score (nSPS) is 14.4. The van der Waals surface area contributed by atoms with Crippen LogP contribution in [0.4, 0.5) is 0 Å². The smallest absolute Gasteiger partial charge is 0.292 e. The number of H-pyrrole nitrogens is 1. The summed E-state index contributed by atoms with van der Waals surface area (Å²) in [6.07, 6.45) is 4.27. The zero-order chi connectivity index (χ0) is 28.6. The lowest BCUT2D eigenvalue weighted by Crippen LogP contribution is -2.26. The van der Waals surface area contributed by atoms with E-state index in [1.165, 1.54) is 18.4 Å². The number of benzene rings is 2. The number of carbonyl (C=O) groups excluding carboxylic acids is 1. The number of amides is 1. The maximum Gasteiger partial charge on any atom is 0.292 e. The van der Waals surface area contributed by atoms with E-state index in [0.717, 1.165) is 57.6 Å². The van der Waals surface area contributed by atoms with E-state index in [-0.39, 0.29) is 17.1 Å². The first-order valence-electron chi connectivity index (χ1n) is 14.1. The molecule has 1 aliphatic rings. The second-order valence-corrected chi connectivity index (χ2v) is 11.8. The van der Waals surface area contributed by atoms with Gasteiger partial charge in [0.1, 0.15) is 5.69 Å². The number of pyridine rings is 1. The van der Waals surface area contributed by atoms with Crippen molar-refractivity contribution in [3.05, 3.63) is 83.1 Å². The second-order valence-electron chi connectivity index (χ2n) is 11.8. The van der Waals surface area contributed by atoms with Gasteiger partial charge in [0, 0.05) is 34.7 Å². The van der Waals surface area contributed by atoms with Crippen LogP contribution >= 0.6 is 0 Å². The Morgan fingerprint density at radius 1 is 1.02 bits per heavy atom. The Kier molecular flexibility index (Phi) is 7.13. The molecule has 1 aliphatic heterocycles. The molecule has 41 heavy (non-hydrogen) atoms. The number of carbonyl (C=O) groups is 1. The number of hydrogen-bond donors (Lipinski definition) is 3. The number of nitrogens with one attached hydrogen (secondary N) is 3. The lowest BCUT2D eigenvalue weighted by Gasteiger charge is -2.23. The summed E-state index contributed by atoms with van der Waals surface area (Å²) in [5, 5.41) is 18.8. The fourth-order valence-corrected chi connectivity index (χ4v) is 5.30. The summed E-state index contributed by atoms with van der Waals surface area (Å²) in [6.45, 7) is 10.4. The molecule has 0 unspecified atom stereocenters. The molecule has 9 heteroatoms. The van der Waals surface area contributed by atoms with Crippen LogP contribution in [-0.2, 0) is 12.0 Å². The first-order valence-corrected chi connectivity index (χ1v) is 14.1. The number of rotatable bonds is 6. The number of aromatic nitrogens is 5. The summed E-state index contributed by atoms with van der Waals surface area (Å²) >= 11 is 0. The standard InChI is InChI=1S/C32H35N7O2/c1-19-15-23(9-10-24(19)17-35-30(40)29-36-31(41-39-29)32(2,3)4)27-26-16-25(18-34-28(26)38-37-27)21-7-5-20(6-8-21)22-11-13-33-14-12-22/h5-10,15-16,18,22,33H,11-14,17H2,1-4H3,(H,35,40)(H,34,37,38). The highest BCUT2D eigenvalue weighted by Gasteiger charge is 2.24. The monoisotopic (exact) mass is 549 g/mol. The van der Waals surface area contributed by atoms with Crippen LogP contribution < -0.4 is 10.6 Å². The zero-order valence-electron chi connectivity index (χ0n) is 23.9. The zero-order valence-corrected chi connectivity index (χ0v) is 23.9. The van der Waals surface area contributed by atoms with E-state index in [4.69, 9.17) is 4.52 Å². The molecule has 0 spiro atoms. The van der Waals surface area contributed by atoms with E-state index in [9.17, 15) is 4.79 Å². The molecular formula is C32H35N7O2. The molecule has 0 radical (unpaired) electrons. The van der Waals surface area contributed by atoms with Crippen molar-refractivity contribution in [3.63, 3.8) is 0 Å². The van der Waals surface area contributed by atoms with Gasteiger partial charge < -0.3 is 15.2 Å². The first kappa shape index (κ1) is 26.8. The summed E-state index contributed by atoms with van der Waals surface area (Å²) in [5.41, 5.74) is 7.91. The maximum absolute atomic E-state index is 12.6. The number of fused-ring (bicyclic) bond motifs is 1. The van der Waals surface area contributed by atoms with E-state index >= 15 is 0 Å². The first-order chi connectivity index (χ1) is 19.8. The molecule has 3 aromatic heterocycles. The molecule has 1 saturated heterocycles. The second kappa shape index (κ2) is 10.9. The lowest BCUT2D eigenvalue weighted by molar-refractivity contribution is 0.0937. The lowest BCUT2D eigenvalue weighted by atomic mass is 9.89. The average Bonchev–Trinajstić information content (AvgIpc) is 3.65. The Morgan fingerprint density at radius 2 is 1.78 bits per heavy atom. The average molecular weight is 550 g/mol. The fourth-order valence-electron chi connectivity index (χ4n) is 5.30. The summed E-state index contributed by atoms with van der Waals surface area (Å²) in [5.74, 6) is 0.734. The number of piperidine rings is 1. The quantitative estimate of drug-likeness (QED) is 0.249. The minimum absolute atomic E-state index is 0.0384. The summed E-state index contributed by atoms with van der Waals surface area (Å²) in [6, 6.07) is 17.2. The van der Waals surface area contributed by atoms with Crippen LogP contribution in [0.25, 0.3) is 33.4 Å². The Bertz CT molecular complexity index is 1690. The molecular weight excluding hydrogens is 514 g/mol. The van der Waals surface area contributed by atoms with Crippen LogP contribution in [0.5, 0.6) is 0 Å². The van der Waals surface area contributed by atoms with Gasteiger partial charge in [-0.15, -0.1) is 0 Å².